The number of nitrogens with zero attached hydrogens (tertiary/aromatic N) is 1. The van der Waals surface area contributed by atoms with Crippen LogP contribution in [0, 0.1) is 0 Å². The molecule has 0 aliphatic carbocycles. The van der Waals surface area contributed by atoms with Crippen molar-refractivity contribution in [1.82, 2.24) is 4.98 Å². The van der Waals surface area contributed by atoms with Gasteiger partial charge < -0.3 is 0 Å². The molecular weight excluding hydrogens is 177 g/mol. The van der Waals surface area contributed by atoms with Crippen LogP contribution in [0.5, 0.6) is 0 Å². The summed E-state index contributed by atoms with van der Waals surface area (Å²) in [5, 5.41) is 0.960. The minimum Gasteiger partial charge on any atom is -0.256 e. The highest BCUT2D eigenvalue weighted by molar-refractivity contribution is 5.88. The monoisotopic (exact) mass is 187 g/mol. The van der Waals surface area contributed by atoms with E-state index in [9.17, 15) is 4.39 Å². The van der Waals surface area contributed by atoms with Gasteiger partial charge in [-0.2, -0.15) is 0 Å². The Morgan fingerprint density at radius 3 is 2.86 bits per heavy atom. The summed E-state index contributed by atoms with van der Waals surface area (Å²) in [6.07, 6.45) is 3.12. The van der Waals surface area contributed by atoms with Crippen LogP contribution in [0.25, 0.3) is 16.7 Å². The highest BCUT2D eigenvalue weighted by atomic mass is 19.1. The van der Waals surface area contributed by atoms with Crippen LogP contribution in [0.2, 0.25) is 0 Å². The van der Waals surface area contributed by atoms with Crippen molar-refractivity contribution >= 4 is 16.7 Å². The Kier molecular flexibility index (Phi) is 2.27. The van der Waals surface area contributed by atoms with E-state index < -0.39 is 0 Å². The van der Waals surface area contributed by atoms with Gasteiger partial charge in [0.25, 0.3) is 0 Å². The van der Waals surface area contributed by atoms with Crippen molar-refractivity contribution < 1.29 is 4.39 Å². The molecule has 14 heavy (non-hydrogen) atoms. The number of halogens is 1. The first-order valence-electron chi connectivity index (χ1n) is 4.49. The number of para-hydroxylation sites is 1. The van der Waals surface area contributed by atoms with E-state index in [1.165, 1.54) is 6.08 Å². The number of benzene rings is 1. The third-order valence-electron chi connectivity index (χ3n) is 2.14. The molecule has 0 bridgehead atoms. The molecular formula is C12H10FN. The van der Waals surface area contributed by atoms with Gasteiger partial charge in [0.15, 0.2) is 0 Å². The van der Waals surface area contributed by atoms with Crippen molar-refractivity contribution in [3.05, 3.63) is 48.2 Å². The predicted molar refractivity (Wildman–Crippen MR) is 56.5 cm³/mol. The number of aromatic nitrogens is 1. The standard InChI is InChI=1S/C12H10FN/c1-2-11(13)10-7-3-5-9-6-4-8-14-12(9)10/h2-8H,1H3/b11-2-. The second kappa shape index (κ2) is 3.58. The third kappa shape index (κ3) is 1.39. The van der Waals surface area contributed by atoms with Gasteiger partial charge in [0.2, 0.25) is 0 Å². The molecule has 2 aromatic rings. The maximum absolute atomic E-state index is 13.4. The summed E-state index contributed by atoms with van der Waals surface area (Å²) in [5.74, 6) is -0.228. The van der Waals surface area contributed by atoms with Crippen LogP contribution in [-0.4, -0.2) is 4.98 Å². The van der Waals surface area contributed by atoms with Gasteiger partial charge in [0, 0.05) is 17.1 Å². The summed E-state index contributed by atoms with van der Waals surface area (Å²) in [4.78, 5) is 4.17. The van der Waals surface area contributed by atoms with Crippen molar-refractivity contribution in [1.29, 1.82) is 0 Å². The van der Waals surface area contributed by atoms with E-state index in [0.29, 0.717) is 11.1 Å². The normalized spacial score (nSPS) is 12.0. The van der Waals surface area contributed by atoms with Crippen molar-refractivity contribution in [3.63, 3.8) is 0 Å². The number of rotatable bonds is 1. The lowest BCUT2D eigenvalue weighted by Crippen LogP contribution is -1.84. The molecule has 0 radical (unpaired) electrons. The molecule has 0 amide bonds. The highest BCUT2D eigenvalue weighted by Crippen LogP contribution is 2.23. The van der Waals surface area contributed by atoms with Crippen molar-refractivity contribution in [2.75, 3.05) is 0 Å². The fraction of sp³-hybridized carbons (Fsp3) is 0.0833. The predicted octanol–water partition coefficient (Wildman–Crippen LogP) is 3.57. The smallest absolute Gasteiger partial charge is 0.128 e. The average molecular weight is 187 g/mol. The molecule has 1 nitrogen and oxygen atoms in total. The molecule has 0 aliphatic heterocycles. The molecule has 0 unspecified atom stereocenters. The number of pyridine rings is 1. The molecule has 0 saturated heterocycles. The molecule has 0 saturated carbocycles. The number of hydrogen-bond donors (Lipinski definition) is 0. The van der Waals surface area contributed by atoms with E-state index in [4.69, 9.17) is 0 Å². The zero-order valence-electron chi connectivity index (χ0n) is 7.87. The maximum atomic E-state index is 13.4. The van der Waals surface area contributed by atoms with Crippen LogP contribution in [0.3, 0.4) is 0 Å². The quantitative estimate of drug-likeness (QED) is 0.665. The average Bonchev–Trinajstić information content (AvgIpc) is 2.27. The van der Waals surface area contributed by atoms with Gasteiger partial charge in [-0.25, -0.2) is 4.39 Å². The molecule has 1 aromatic heterocycles. The minimum absolute atomic E-state index is 0.228. The Balaban J connectivity index is 2.77. The SMILES string of the molecule is C/C=C(\F)c1cccc2cccnc12. The van der Waals surface area contributed by atoms with Crippen LogP contribution in [0.1, 0.15) is 12.5 Å². The second-order valence-corrected chi connectivity index (χ2v) is 3.02. The lowest BCUT2D eigenvalue weighted by Gasteiger charge is -2.02. The Labute approximate surface area is 81.9 Å². The minimum atomic E-state index is -0.228. The summed E-state index contributed by atoms with van der Waals surface area (Å²) in [5.41, 5.74) is 1.27. The van der Waals surface area contributed by atoms with Crippen LogP contribution in [0.4, 0.5) is 4.39 Å². The summed E-state index contributed by atoms with van der Waals surface area (Å²) in [7, 11) is 0. The van der Waals surface area contributed by atoms with Gasteiger partial charge in [0.1, 0.15) is 5.83 Å². The van der Waals surface area contributed by atoms with Crippen molar-refractivity contribution in [2.45, 2.75) is 6.92 Å². The lowest BCUT2D eigenvalue weighted by atomic mass is 10.1. The Morgan fingerprint density at radius 1 is 1.29 bits per heavy atom. The molecule has 0 fully saturated rings. The number of allylic oxidation sites excluding steroid dienone is 1. The highest BCUT2D eigenvalue weighted by Gasteiger charge is 2.04. The molecule has 2 rings (SSSR count). The van der Waals surface area contributed by atoms with Gasteiger partial charge in [-0.3, -0.25) is 4.98 Å². The molecule has 1 aromatic carbocycles. The van der Waals surface area contributed by atoms with Gasteiger partial charge in [0.05, 0.1) is 5.52 Å². The number of fused-ring (bicyclic) bond motifs is 1. The zero-order chi connectivity index (χ0) is 9.97. The Hall–Kier alpha value is -1.70. The molecule has 0 N–H and O–H groups in total. The molecule has 1 heterocycles. The van der Waals surface area contributed by atoms with E-state index in [1.54, 1.807) is 19.2 Å². The zero-order valence-corrected chi connectivity index (χ0v) is 7.87. The van der Waals surface area contributed by atoms with Gasteiger partial charge in [-0.05, 0) is 19.1 Å². The van der Waals surface area contributed by atoms with Crippen LogP contribution in [0.15, 0.2) is 42.6 Å². The lowest BCUT2D eigenvalue weighted by molar-refractivity contribution is 0.759. The fourth-order valence-corrected chi connectivity index (χ4v) is 1.45. The van der Waals surface area contributed by atoms with E-state index >= 15 is 0 Å². The Bertz CT molecular complexity index is 483. The van der Waals surface area contributed by atoms with Crippen LogP contribution < -0.4 is 0 Å². The number of hydrogen-bond acceptors (Lipinski definition) is 1. The topological polar surface area (TPSA) is 12.9 Å². The van der Waals surface area contributed by atoms with Gasteiger partial charge >= 0.3 is 0 Å². The Morgan fingerprint density at radius 2 is 2.07 bits per heavy atom. The summed E-state index contributed by atoms with van der Waals surface area (Å²) >= 11 is 0. The van der Waals surface area contributed by atoms with E-state index in [1.807, 2.05) is 24.3 Å². The molecule has 2 heteroatoms. The first kappa shape index (κ1) is 8.88. The molecule has 0 atom stereocenters. The first-order chi connectivity index (χ1) is 6.83. The third-order valence-corrected chi connectivity index (χ3v) is 2.14. The van der Waals surface area contributed by atoms with Crippen LogP contribution >= 0.6 is 0 Å². The van der Waals surface area contributed by atoms with Gasteiger partial charge in [-0.1, -0.05) is 24.3 Å². The first-order valence-corrected chi connectivity index (χ1v) is 4.49. The van der Waals surface area contributed by atoms with E-state index in [0.717, 1.165) is 5.39 Å². The summed E-state index contributed by atoms with van der Waals surface area (Å²) in [6.45, 7) is 1.68. The fourth-order valence-electron chi connectivity index (χ4n) is 1.45. The molecule has 0 aliphatic rings. The van der Waals surface area contributed by atoms with Crippen molar-refractivity contribution in [3.8, 4) is 0 Å². The molecule has 0 spiro atoms. The molecule has 70 valence electrons. The maximum Gasteiger partial charge on any atom is 0.128 e. The van der Waals surface area contributed by atoms with E-state index in [2.05, 4.69) is 4.98 Å². The van der Waals surface area contributed by atoms with Gasteiger partial charge in [-0.15, -0.1) is 0 Å². The summed E-state index contributed by atoms with van der Waals surface area (Å²) < 4.78 is 13.4. The second-order valence-electron chi connectivity index (χ2n) is 3.02. The summed E-state index contributed by atoms with van der Waals surface area (Å²) in [6, 6.07) is 9.27. The van der Waals surface area contributed by atoms with Crippen LogP contribution in [-0.2, 0) is 0 Å². The van der Waals surface area contributed by atoms with Crippen molar-refractivity contribution in [2.24, 2.45) is 0 Å². The largest absolute Gasteiger partial charge is 0.256 e. The van der Waals surface area contributed by atoms with E-state index in [-0.39, 0.29) is 5.83 Å².